The van der Waals surface area contributed by atoms with Crippen LogP contribution in [0.1, 0.15) is 23.3 Å². The Kier molecular flexibility index (Phi) is 3.06. The van der Waals surface area contributed by atoms with Gasteiger partial charge in [0.15, 0.2) is 23.0 Å². The van der Waals surface area contributed by atoms with Crippen LogP contribution in [0.25, 0.3) is 0 Å². The van der Waals surface area contributed by atoms with Gasteiger partial charge in [-0.1, -0.05) is 12.1 Å². The Hall–Kier alpha value is -2.44. The molecule has 2 aliphatic heterocycles. The average Bonchev–Trinajstić information content (AvgIpc) is 3.20. The van der Waals surface area contributed by atoms with Crippen LogP contribution in [0.3, 0.4) is 0 Å². The van der Waals surface area contributed by atoms with Crippen LogP contribution in [0.2, 0.25) is 0 Å². The van der Waals surface area contributed by atoms with E-state index in [1.807, 2.05) is 0 Å². The van der Waals surface area contributed by atoms with E-state index in [4.69, 9.17) is 18.9 Å². The van der Waals surface area contributed by atoms with Gasteiger partial charge in [0.25, 0.3) is 0 Å². The van der Waals surface area contributed by atoms with Gasteiger partial charge in [0.05, 0.1) is 0 Å². The van der Waals surface area contributed by atoms with E-state index in [9.17, 15) is 10.2 Å². The SMILES string of the molecule is O[C@@H](c1ccc2c(c1)OCO2)[C@@H](O)c1ccc2c(c1)OCO2. The molecule has 114 valence electrons. The minimum absolute atomic E-state index is 0.166. The molecule has 6 nitrogen and oxygen atoms in total. The van der Waals surface area contributed by atoms with Crippen molar-refractivity contribution in [2.45, 2.75) is 12.2 Å². The number of aliphatic hydroxyl groups excluding tert-OH is 2. The number of hydrogen-bond donors (Lipinski definition) is 2. The van der Waals surface area contributed by atoms with E-state index in [0.29, 0.717) is 34.1 Å². The van der Waals surface area contributed by atoms with Gasteiger partial charge in [-0.15, -0.1) is 0 Å². The molecule has 0 radical (unpaired) electrons. The molecule has 2 aromatic carbocycles. The molecule has 2 atom stereocenters. The molecule has 0 saturated carbocycles. The lowest BCUT2D eigenvalue weighted by molar-refractivity contribution is 0.0170. The van der Waals surface area contributed by atoms with E-state index < -0.39 is 12.2 Å². The topological polar surface area (TPSA) is 77.4 Å². The van der Waals surface area contributed by atoms with Crippen LogP contribution in [0.4, 0.5) is 0 Å². The Balaban J connectivity index is 1.60. The van der Waals surface area contributed by atoms with Crippen molar-refractivity contribution in [3.8, 4) is 23.0 Å². The van der Waals surface area contributed by atoms with Crippen molar-refractivity contribution in [2.24, 2.45) is 0 Å². The molecule has 0 aliphatic carbocycles. The zero-order chi connectivity index (χ0) is 15.1. The molecule has 4 rings (SSSR count). The van der Waals surface area contributed by atoms with Gasteiger partial charge in [-0.25, -0.2) is 0 Å². The molecule has 0 unspecified atom stereocenters. The third kappa shape index (κ3) is 2.13. The van der Waals surface area contributed by atoms with Crippen LogP contribution in [0.5, 0.6) is 23.0 Å². The van der Waals surface area contributed by atoms with Crippen LogP contribution in [0.15, 0.2) is 36.4 Å². The van der Waals surface area contributed by atoms with Gasteiger partial charge in [0.2, 0.25) is 13.6 Å². The molecule has 2 aromatic rings. The highest BCUT2D eigenvalue weighted by Crippen LogP contribution is 2.39. The smallest absolute Gasteiger partial charge is 0.231 e. The highest BCUT2D eigenvalue weighted by molar-refractivity contribution is 5.47. The first-order valence-electron chi connectivity index (χ1n) is 6.87. The van der Waals surface area contributed by atoms with E-state index in [2.05, 4.69) is 0 Å². The van der Waals surface area contributed by atoms with Gasteiger partial charge in [0.1, 0.15) is 12.2 Å². The predicted octanol–water partition coefficient (Wildman–Crippen LogP) is 1.91. The van der Waals surface area contributed by atoms with Gasteiger partial charge >= 0.3 is 0 Å². The first-order valence-corrected chi connectivity index (χ1v) is 6.87. The molecule has 0 saturated heterocycles. The fourth-order valence-corrected chi connectivity index (χ4v) is 2.56. The lowest BCUT2D eigenvalue weighted by Crippen LogP contribution is -2.10. The highest BCUT2D eigenvalue weighted by Gasteiger charge is 2.25. The molecule has 0 bridgehead atoms. The Morgan fingerprint density at radius 1 is 0.636 bits per heavy atom. The number of rotatable bonds is 3. The van der Waals surface area contributed by atoms with Crippen molar-refractivity contribution in [3.05, 3.63) is 47.5 Å². The van der Waals surface area contributed by atoms with Crippen LogP contribution in [-0.4, -0.2) is 23.8 Å². The summed E-state index contributed by atoms with van der Waals surface area (Å²) in [6.45, 7) is 0.333. The van der Waals surface area contributed by atoms with Crippen LogP contribution in [0, 0.1) is 0 Å². The molecular weight excluding hydrogens is 288 g/mol. The summed E-state index contributed by atoms with van der Waals surface area (Å²) in [5, 5.41) is 20.8. The summed E-state index contributed by atoms with van der Waals surface area (Å²) >= 11 is 0. The minimum atomic E-state index is -1.09. The van der Waals surface area contributed by atoms with Crippen molar-refractivity contribution < 1.29 is 29.2 Å². The molecule has 0 aromatic heterocycles. The summed E-state index contributed by atoms with van der Waals surface area (Å²) in [7, 11) is 0. The monoisotopic (exact) mass is 302 g/mol. The second-order valence-corrected chi connectivity index (χ2v) is 5.12. The summed E-state index contributed by atoms with van der Waals surface area (Å²) in [5.41, 5.74) is 1.10. The van der Waals surface area contributed by atoms with E-state index in [0.717, 1.165) is 0 Å². The van der Waals surface area contributed by atoms with Gasteiger partial charge in [-0.2, -0.15) is 0 Å². The van der Waals surface area contributed by atoms with Gasteiger partial charge in [-0.05, 0) is 35.4 Å². The van der Waals surface area contributed by atoms with Gasteiger partial charge < -0.3 is 29.2 Å². The van der Waals surface area contributed by atoms with Crippen molar-refractivity contribution in [3.63, 3.8) is 0 Å². The molecule has 0 amide bonds. The fourth-order valence-electron chi connectivity index (χ4n) is 2.56. The normalized spacial score (nSPS) is 17.4. The number of fused-ring (bicyclic) bond motifs is 2. The Bertz CT molecular complexity index is 652. The molecular formula is C16H14O6. The number of aliphatic hydroxyl groups is 2. The summed E-state index contributed by atoms with van der Waals surface area (Å²) in [6.07, 6.45) is -2.18. The maximum atomic E-state index is 10.4. The third-order valence-corrected chi connectivity index (χ3v) is 3.78. The quantitative estimate of drug-likeness (QED) is 0.902. The van der Waals surface area contributed by atoms with Crippen molar-refractivity contribution in [1.29, 1.82) is 0 Å². The maximum absolute atomic E-state index is 10.4. The van der Waals surface area contributed by atoms with Crippen LogP contribution < -0.4 is 18.9 Å². The van der Waals surface area contributed by atoms with Crippen LogP contribution >= 0.6 is 0 Å². The molecule has 2 heterocycles. The number of ether oxygens (including phenoxy) is 4. The van der Waals surface area contributed by atoms with Crippen molar-refractivity contribution >= 4 is 0 Å². The second-order valence-electron chi connectivity index (χ2n) is 5.12. The summed E-state index contributed by atoms with van der Waals surface area (Å²) in [5.74, 6) is 2.39. The van der Waals surface area contributed by atoms with Gasteiger partial charge in [0, 0.05) is 0 Å². The highest BCUT2D eigenvalue weighted by atomic mass is 16.7. The van der Waals surface area contributed by atoms with E-state index in [-0.39, 0.29) is 13.6 Å². The molecule has 2 N–H and O–H groups in total. The number of benzene rings is 2. The maximum Gasteiger partial charge on any atom is 0.231 e. The second kappa shape index (κ2) is 5.08. The standard InChI is InChI=1S/C16H14O6/c17-15(9-1-3-11-13(5-9)21-7-19-11)16(18)10-2-4-12-14(6-10)22-8-20-12/h1-6,15-18H,7-8H2/t15-,16-/m0/s1. The molecule has 22 heavy (non-hydrogen) atoms. The summed E-state index contributed by atoms with van der Waals surface area (Å²) in [6, 6.07) is 10.2. The third-order valence-electron chi connectivity index (χ3n) is 3.78. The first-order chi connectivity index (χ1) is 10.7. The molecule has 2 aliphatic rings. The largest absolute Gasteiger partial charge is 0.454 e. The summed E-state index contributed by atoms with van der Waals surface area (Å²) in [4.78, 5) is 0. The van der Waals surface area contributed by atoms with E-state index in [1.165, 1.54) is 0 Å². The first kappa shape index (κ1) is 13.2. The number of hydrogen-bond acceptors (Lipinski definition) is 6. The minimum Gasteiger partial charge on any atom is -0.454 e. The predicted molar refractivity (Wildman–Crippen MR) is 75.0 cm³/mol. The van der Waals surface area contributed by atoms with Crippen LogP contribution in [-0.2, 0) is 0 Å². The van der Waals surface area contributed by atoms with E-state index >= 15 is 0 Å². The Morgan fingerprint density at radius 2 is 1.05 bits per heavy atom. The Labute approximate surface area is 126 Å². The molecule has 0 fully saturated rings. The average molecular weight is 302 g/mol. The summed E-state index contributed by atoms with van der Waals surface area (Å²) < 4.78 is 21.0. The lowest BCUT2D eigenvalue weighted by atomic mass is 9.97. The Morgan fingerprint density at radius 3 is 1.50 bits per heavy atom. The molecule has 6 heteroatoms. The molecule has 0 spiro atoms. The fraction of sp³-hybridized carbons (Fsp3) is 0.250. The zero-order valence-electron chi connectivity index (χ0n) is 11.6. The van der Waals surface area contributed by atoms with Crippen molar-refractivity contribution in [1.82, 2.24) is 0 Å². The van der Waals surface area contributed by atoms with Gasteiger partial charge in [-0.3, -0.25) is 0 Å². The van der Waals surface area contributed by atoms with Crippen molar-refractivity contribution in [2.75, 3.05) is 13.6 Å². The van der Waals surface area contributed by atoms with E-state index in [1.54, 1.807) is 36.4 Å². The zero-order valence-corrected chi connectivity index (χ0v) is 11.6. The lowest BCUT2D eigenvalue weighted by Gasteiger charge is -2.19.